The Morgan fingerprint density at radius 3 is 2.56 bits per heavy atom. The Balaban J connectivity index is 2.96. The van der Waals surface area contributed by atoms with Crippen LogP contribution in [0.25, 0.3) is 0 Å². The molecule has 4 nitrogen and oxygen atoms in total. The molecule has 0 aliphatic heterocycles. The van der Waals surface area contributed by atoms with Gasteiger partial charge in [0.2, 0.25) is 0 Å². The second-order valence-electron chi connectivity index (χ2n) is 4.90. The van der Waals surface area contributed by atoms with Gasteiger partial charge in [0.25, 0.3) is 5.56 Å². The van der Waals surface area contributed by atoms with Crippen LogP contribution in [0.1, 0.15) is 13.8 Å². The summed E-state index contributed by atoms with van der Waals surface area (Å²) in [5.41, 5.74) is 0.800. The highest BCUT2D eigenvalue weighted by Gasteiger charge is 2.18. The van der Waals surface area contributed by atoms with E-state index in [4.69, 9.17) is 0 Å². The van der Waals surface area contributed by atoms with Gasteiger partial charge in [-0.2, -0.15) is 5.10 Å². The summed E-state index contributed by atoms with van der Waals surface area (Å²) >= 11 is 3.44. The van der Waals surface area contributed by atoms with E-state index in [1.54, 1.807) is 12.3 Å². The molecule has 0 atom stereocenters. The van der Waals surface area contributed by atoms with E-state index in [0.29, 0.717) is 6.54 Å². The van der Waals surface area contributed by atoms with Crippen LogP contribution in [-0.2, 0) is 6.54 Å². The van der Waals surface area contributed by atoms with Gasteiger partial charge >= 0.3 is 0 Å². The maximum Gasteiger partial charge on any atom is 0.268 e. The van der Waals surface area contributed by atoms with Crippen molar-refractivity contribution in [2.75, 3.05) is 24.3 Å². The van der Waals surface area contributed by atoms with Crippen molar-refractivity contribution < 1.29 is 0 Å². The van der Waals surface area contributed by atoms with Crippen LogP contribution < -0.4 is 10.5 Å². The summed E-state index contributed by atoms with van der Waals surface area (Å²) in [5.74, 6) is 0. The number of hydrogen-bond donors (Lipinski definition) is 0. The van der Waals surface area contributed by atoms with E-state index < -0.39 is 0 Å². The summed E-state index contributed by atoms with van der Waals surface area (Å²) in [7, 11) is 3.78. The van der Waals surface area contributed by atoms with Gasteiger partial charge in [0.1, 0.15) is 0 Å². The van der Waals surface area contributed by atoms with Gasteiger partial charge in [0.15, 0.2) is 0 Å². The molecule has 0 aromatic carbocycles. The van der Waals surface area contributed by atoms with Crippen LogP contribution in [0.2, 0.25) is 0 Å². The van der Waals surface area contributed by atoms with Crippen LogP contribution in [0.4, 0.5) is 5.69 Å². The summed E-state index contributed by atoms with van der Waals surface area (Å²) in [4.78, 5) is 13.7. The van der Waals surface area contributed by atoms with Crippen LogP contribution in [0.3, 0.4) is 0 Å². The molecule has 0 radical (unpaired) electrons. The fourth-order valence-electron chi connectivity index (χ4n) is 1.24. The molecule has 0 aliphatic rings. The van der Waals surface area contributed by atoms with E-state index in [1.165, 1.54) is 4.68 Å². The standard InChI is InChI=1S/C11H18BrN3O/c1-11(2,7-12)8-15-10(16)5-9(6-13-15)14(3)4/h5-6H,7-8H2,1-4H3. The minimum atomic E-state index is -0.0553. The fraction of sp³-hybridized carbons (Fsp3) is 0.636. The minimum absolute atomic E-state index is 0.0243. The normalized spacial score (nSPS) is 11.6. The van der Waals surface area contributed by atoms with Crippen LogP contribution in [-0.4, -0.2) is 29.2 Å². The predicted octanol–water partition coefficient (Wildman–Crippen LogP) is 1.73. The molecule has 0 unspecified atom stereocenters. The lowest BCUT2D eigenvalue weighted by Gasteiger charge is -2.22. The summed E-state index contributed by atoms with van der Waals surface area (Å²) in [6.45, 7) is 4.80. The predicted molar refractivity (Wildman–Crippen MR) is 70.4 cm³/mol. The van der Waals surface area contributed by atoms with Gasteiger partial charge in [-0.05, 0) is 5.41 Å². The molecule has 0 amide bonds. The van der Waals surface area contributed by atoms with Gasteiger partial charge in [0, 0.05) is 25.5 Å². The molecule has 0 N–H and O–H groups in total. The number of alkyl halides is 1. The molecule has 0 bridgehead atoms. The molecule has 1 aromatic rings. The minimum Gasteiger partial charge on any atom is -0.376 e. The molecule has 0 aliphatic carbocycles. The van der Waals surface area contributed by atoms with E-state index in [-0.39, 0.29) is 11.0 Å². The summed E-state index contributed by atoms with van der Waals surface area (Å²) in [6, 6.07) is 1.61. The van der Waals surface area contributed by atoms with Crippen molar-refractivity contribution >= 4 is 21.6 Å². The molecule has 90 valence electrons. The number of rotatable bonds is 4. The second kappa shape index (κ2) is 4.99. The maximum atomic E-state index is 11.8. The third-order valence-corrected chi connectivity index (χ3v) is 3.83. The first kappa shape index (κ1) is 13.2. The van der Waals surface area contributed by atoms with Crippen molar-refractivity contribution in [1.29, 1.82) is 0 Å². The highest BCUT2D eigenvalue weighted by atomic mass is 79.9. The first-order valence-corrected chi connectivity index (χ1v) is 6.28. The van der Waals surface area contributed by atoms with Gasteiger partial charge in [-0.25, -0.2) is 4.68 Å². The molecule has 0 spiro atoms. The zero-order valence-electron chi connectivity index (χ0n) is 10.2. The molecule has 0 fully saturated rings. The van der Waals surface area contributed by atoms with Crippen molar-refractivity contribution in [3.8, 4) is 0 Å². The third-order valence-electron chi connectivity index (χ3n) is 2.31. The zero-order chi connectivity index (χ0) is 12.3. The number of nitrogens with zero attached hydrogens (tertiary/aromatic N) is 3. The monoisotopic (exact) mass is 287 g/mol. The van der Waals surface area contributed by atoms with Crippen molar-refractivity contribution in [3.05, 3.63) is 22.6 Å². The topological polar surface area (TPSA) is 38.1 Å². The molecule has 1 heterocycles. The summed E-state index contributed by atoms with van der Waals surface area (Å²) < 4.78 is 1.51. The molecule has 0 saturated carbocycles. The molecule has 1 aromatic heterocycles. The maximum absolute atomic E-state index is 11.8. The Morgan fingerprint density at radius 1 is 1.50 bits per heavy atom. The Kier molecular flexibility index (Phi) is 4.13. The molecule has 1 rings (SSSR count). The van der Waals surface area contributed by atoms with Crippen LogP contribution in [0, 0.1) is 5.41 Å². The van der Waals surface area contributed by atoms with Gasteiger partial charge in [-0.1, -0.05) is 29.8 Å². The molecule has 16 heavy (non-hydrogen) atoms. The molecular formula is C11H18BrN3O. The van der Waals surface area contributed by atoms with Crippen molar-refractivity contribution in [3.63, 3.8) is 0 Å². The van der Waals surface area contributed by atoms with Crippen LogP contribution >= 0.6 is 15.9 Å². The van der Waals surface area contributed by atoms with Gasteiger partial charge in [0.05, 0.1) is 18.4 Å². The number of aromatic nitrogens is 2. The first-order valence-electron chi connectivity index (χ1n) is 5.16. The average molecular weight is 288 g/mol. The average Bonchev–Trinajstić information content (AvgIpc) is 2.20. The lowest BCUT2D eigenvalue weighted by atomic mass is 9.97. The molecule has 5 heteroatoms. The highest BCUT2D eigenvalue weighted by molar-refractivity contribution is 9.09. The van der Waals surface area contributed by atoms with E-state index >= 15 is 0 Å². The van der Waals surface area contributed by atoms with Crippen molar-refractivity contribution in [2.24, 2.45) is 5.41 Å². The van der Waals surface area contributed by atoms with Gasteiger partial charge in [-0.3, -0.25) is 4.79 Å². The van der Waals surface area contributed by atoms with Crippen LogP contribution in [0.15, 0.2) is 17.1 Å². The first-order chi connectivity index (χ1) is 7.35. The molecule has 0 saturated heterocycles. The Bertz CT molecular complexity index is 412. The molecular weight excluding hydrogens is 270 g/mol. The highest BCUT2D eigenvalue weighted by Crippen LogP contribution is 2.19. The summed E-state index contributed by atoms with van der Waals surface area (Å²) in [5, 5.41) is 5.01. The van der Waals surface area contributed by atoms with Gasteiger partial charge < -0.3 is 4.90 Å². The summed E-state index contributed by atoms with van der Waals surface area (Å²) in [6.07, 6.45) is 1.71. The Hall–Kier alpha value is -0.840. The number of anilines is 1. The third kappa shape index (κ3) is 3.33. The number of halogens is 1. The quantitative estimate of drug-likeness (QED) is 0.792. The Labute approximate surface area is 104 Å². The zero-order valence-corrected chi connectivity index (χ0v) is 11.8. The lowest BCUT2D eigenvalue weighted by molar-refractivity contribution is 0.326. The van der Waals surface area contributed by atoms with E-state index in [1.807, 2.05) is 19.0 Å². The van der Waals surface area contributed by atoms with E-state index in [9.17, 15) is 4.79 Å². The van der Waals surface area contributed by atoms with Crippen LogP contribution in [0.5, 0.6) is 0 Å². The Morgan fingerprint density at radius 2 is 2.12 bits per heavy atom. The SMILES string of the molecule is CN(C)c1cnn(CC(C)(C)CBr)c(=O)c1. The van der Waals surface area contributed by atoms with Crippen molar-refractivity contribution in [2.45, 2.75) is 20.4 Å². The number of hydrogen-bond acceptors (Lipinski definition) is 3. The van der Waals surface area contributed by atoms with E-state index in [2.05, 4.69) is 34.9 Å². The largest absolute Gasteiger partial charge is 0.376 e. The van der Waals surface area contributed by atoms with Crippen molar-refractivity contribution in [1.82, 2.24) is 9.78 Å². The smallest absolute Gasteiger partial charge is 0.268 e. The second-order valence-corrected chi connectivity index (χ2v) is 5.46. The lowest BCUT2D eigenvalue weighted by Crippen LogP contribution is -2.31. The van der Waals surface area contributed by atoms with E-state index in [0.717, 1.165) is 11.0 Å². The fourth-order valence-corrected chi connectivity index (χ4v) is 1.41. The van der Waals surface area contributed by atoms with Gasteiger partial charge in [-0.15, -0.1) is 0 Å².